The Morgan fingerprint density at radius 2 is 2.19 bits per heavy atom. The molecule has 94 valence electrons. The predicted octanol–water partition coefficient (Wildman–Crippen LogP) is -0.107. The van der Waals surface area contributed by atoms with E-state index in [1.807, 2.05) is 6.92 Å². The van der Waals surface area contributed by atoms with Crippen LogP contribution in [0.25, 0.3) is 0 Å². The highest BCUT2D eigenvalue weighted by Crippen LogP contribution is 2.29. The number of rotatable bonds is 5. The molecule has 1 heterocycles. The molecule has 16 heavy (non-hydrogen) atoms. The summed E-state index contributed by atoms with van der Waals surface area (Å²) in [6.45, 7) is 4.05. The van der Waals surface area contributed by atoms with Gasteiger partial charge in [-0.3, -0.25) is 4.79 Å². The van der Waals surface area contributed by atoms with Crippen LogP contribution in [0.3, 0.4) is 0 Å². The summed E-state index contributed by atoms with van der Waals surface area (Å²) in [6, 6.07) is 0. The third-order valence-corrected chi connectivity index (χ3v) is 3.27. The Morgan fingerprint density at radius 3 is 2.69 bits per heavy atom. The van der Waals surface area contributed by atoms with Gasteiger partial charge in [0.05, 0.1) is 11.5 Å². The topological polar surface area (TPSA) is 73.6 Å². The van der Waals surface area contributed by atoms with Gasteiger partial charge in [-0.15, -0.1) is 0 Å². The maximum absolute atomic E-state index is 12.1. The summed E-state index contributed by atoms with van der Waals surface area (Å²) in [4.78, 5) is 12.1. The summed E-state index contributed by atoms with van der Waals surface area (Å²) < 4.78 is 10.3. The number of carbonyl (C=O) groups is 1. The van der Waals surface area contributed by atoms with Crippen LogP contribution in [0.5, 0.6) is 0 Å². The Morgan fingerprint density at radius 1 is 1.56 bits per heavy atom. The van der Waals surface area contributed by atoms with E-state index < -0.39 is 5.41 Å². The Balaban J connectivity index is 2.48. The first kappa shape index (κ1) is 13.4. The zero-order chi connectivity index (χ0) is 12.0. The standard InChI is InChI=1S/C11H22N2O3/c1-9(15-2)7-13-10(14)11(8-12)3-5-16-6-4-11/h9H,3-8,12H2,1-2H3,(H,13,14). The third kappa shape index (κ3) is 3.17. The molecule has 1 rings (SSSR count). The molecule has 5 heteroatoms. The molecule has 3 N–H and O–H groups in total. The van der Waals surface area contributed by atoms with E-state index >= 15 is 0 Å². The first-order valence-electron chi connectivity index (χ1n) is 5.73. The average Bonchev–Trinajstić information content (AvgIpc) is 2.36. The largest absolute Gasteiger partial charge is 0.381 e. The highest BCUT2D eigenvalue weighted by molar-refractivity contribution is 5.83. The van der Waals surface area contributed by atoms with Crippen LogP contribution in [0.15, 0.2) is 0 Å². The van der Waals surface area contributed by atoms with Crippen molar-refractivity contribution in [3.05, 3.63) is 0 Å². The van der Waals surface area contributed by atoms with E-state index in [1.54, 1.807) is 7.11 Å². The van der Waals surface area contributed by atoms with Crippen LogP contribution in [0.1, 0.15) is 19.8 Å². The molecule has 1 fully saturated rings. The fourth-order valence-electron chi connectivity index (χ4n) is 1.79. The molecule has 1 aliphatic heterocycles. The van der Waals surface area contributed by atoms with Crippen LogP contribution in [0.2, 0.25) is 0 Å². The number of nitrogens with one attached hydrogen (secondary N) is 1. The normalized spacial score (nSPS) is 21.4. The maximum atomic E-state index is 12.1. The van der Waals surface area contributed by atoms with Gasteiger partial charge < -0.3 is 20.5 Å². The van der Waals surface area contributed by atoms with Crippen LogP contribution in [0, 0.1) is 5.41 Å². The summed E-state index contributed by atoms with van der Waals surface area (Å²) in [5.41, 5.74) is 5.29. The molecule has 0 aromatic heterocycles. The Labute approximate surface area is 96.7 Å². The zero-order valence-electron chi connectivity index (χ0n) is 10.1. The molecular weight excluding hydrogens is 208 g/mol. The van der Waals surface area contributed by atoms with E-state index in [0.29, 0.717) is 39.1 Å². The van der Waals surface area contributed by atoms with E-state index in [1.165, 1.54) is 0 Å². The third-order valence-electron chi connectivity index (χ3n) is 3.27. The fraction of sp³-hybridized carbons (Fsp3) is 0.909. The van der Waals surface area contributed by atoms with Gasteiger partial charge in [0.1, 0.15) is 0 Å². The molecule has 0 spiro atoms. The summed E-state index contributed by atoms with van der Waals surface area (Å²) in [5, 5.41) is 2.90. The second-order valence-electron chi connectivity index (χ2n) is 4.35. The number of hydrogen-bond acceptors (Lipinski definition) is 4. The Kier molecular flexibility index (Phi) is 5.18. The van der Waals surface area contributed by atoms with Crippen molar-refractivity contribution >= 4 is 5.91 Å². The van der Waals surface area contributed by atoms with Crippen molar-refractivity contribution in [3.8, 4) is 0 Å². The van der Waals surface area contributed by atoms with E-state index in [-0.39, 0.29) is 12.0 Å². The van der Waals surface area contributed by atoms with Crippen molar-refractivity contribution in [2.24, 2.45) is 11.1 Å². The molecule has 1 atom stereocenters. The molecule has 0 aliphatic carbocycles. The van der Waals surface area contributed by atoms with Crippen molar-refractivity contribution in [2.45, 2.75) is 25.9 Å². The van der Waals surface area contributed by atoms with Crippen molar-refractivity contribution in [3.63, 3.8) is 0 Å². The van der Waals surface area contributed by atoms with E-state index in [2.05, 4.69) is 5.32 Å². The first-order chi connectivity index (χ1) is 7.64. The Bertz CT molecular complexity index is 227. The number of amides is 1. The lowest BCUT2D eigenvalue weighted by Crippen LogP contribution is -2.50. The quantitative estimate of drug-likeness (QED) is 0.691. The summed E-state index contributed by atoms with van der Waals surface area (Å²) >= 11 is 0. The maximum Gasteiger partial charge on any atom is 0.227 e. The molecule has 1 aliphatic rings. The molecule has 1 saturated heterocycles. The van der Waals surface area contributed by atoms with Gasteiger partial charge in [0.2, 0.25) is 5.91 Å². The Hall–Kier alpha value is -0.650. The van der Waals surface area contributed by atoms with Gasteiger partial charge in [-0.2, -0.15) is 0 Å². The number of carbonyl (C=O) groups excluding carboxylic acids is 1. The lowest BCUT2D eigenvalue weighted by Gasteiger charge is -2.34. The summed E-state index contributed by atoms with van der Waals surface area (Å²) in [5.74, 6) is 0.0298. The number of methoxy groups -OCH3 is 1. The van der Waals surface area contributed by atoms with E-state index in [9.17, 15) is 4.79 Å². The van der Waals surface area contributed by atoms with Gasteiger partial charge in [0.15, 0.2) is 0 Å². The lowest BCUT2D eigenvalue weighted by atomic mass is 9.79. The zero-order valence-corrected chi connectivity index (χ0v) is 10.1. The minimum Gasteiger partial charge on any atom is -0.381 e. The number of hydrogen-bond donors (Lipinski definition) is 2. The van der Waals surface area contributed by atoms with Crippen molar-refractivity contribution < 1.29 is 14.3 Å². The minimum atomic E-state index is -0.439. The lowest BCUT2D eigenvalue weighted by molar-refractivity contribution is -0.136. The van der Waals surface area contributed by atoms with Crippen LogP contribution >= 0.6 is 0 Å². The van der Waals surface area contributed by atoms with Crippen molar-refractivity contribution in [2.75, 3.05) is 33.4 Å². The molecule has 0 bridgehead atoms. The predicted molar refractivity (Wildman–Crippen MR) is 61.0 cm³/mol. The number of ether oxygens (including phenoxy) is 2. The fourth-order valence-corrected chi connectivity index (χ4v) is 1.79. The van der Waals surface area contributed by atoms with Crippen molar-refractivity contribution in [1.82, 2.24) is 5.32 Å². The highest BCUT2D eigenvalue weighted by atomic mass is 16.5. The molecule has 0 aromatic carbocycles. The van der Waals surface area contributed by atoms with E-state index in [0.717, 1.165) is 0 Å². The minimum absolute atomic E-state index is 0.0265. The van der Waals surface area contributed by atoms with Gasteiger partial charge in [-0.25, -0.2) is 0 Å². The van der Waals surface area contributed by atoms with Gasteiger partial charge >= 0.3 is 0 Å². The SMILES string of the molecule is COC(C)CNC(=O)C1(CN)CCOCC1. The van der Waals surface area contributed by atoms with Crippen LogP contribution in [-0.2, 0) is 14.3 Å². The van der Waals surface area contributed by atoms with Gasteiger partial charge in [-0.1, -0.05) is 0 Å². The molecular formula is C11H22N2O3. The van der Waals surface area contributed by atoms with Crippen molar-refractivity contribution in [1.29, 1.82) is 0 Å². The molecule has 1 unspecified atom stereocenters. The second kappa shape index (κ2) is 6.18. The van der Waals surface area contributed by atoms with Gasteiger partial charge in [0, 0.05) is 33.4 Å². The van der Waals surface area contributed by atoms with Gasteiger partial charge in [-0.05, 0) is 19.8 Å². The molecule has 0 aromatic rings. The second-order valence-corrected chi connectivity index (χ2v) is 4.35. The number of nitrogens with two attached hydrogens (primary N) is 1. The van der Waals surface area contributed by atoms with E-state index in [4.69, 9.17) is 15.2 Å². The smallest absolute Gasteiger partial charge is 0.227 e. The van der Waals surface area contributed by atoms with Crippen LogP contribution in [-0.4, -0.2) is 45.4 Å². The molecule has 0 saturated carbocycles. The highest BCUT2D eigenvalue weighted by Gasteiger charge is 2.38. The molecule has 1 amide bonds. The average molecular weight is 230 g/mol. The van der Waals surface area contributed by atoms with Crippen LogP contribution < -0.4 is 11.1 Å². The summed E-state index contributed by atoms with van der Waals surface area (Å²) in [6.07, 6.45) is 1.44. The van der Waals surface area contributed by atoms with Gasteiger partial charge in [0.25, 0.3) is 0 Å². The molecule has 0 radical (unpaired) electrons. The van der Waals surface area contributed by atoms with Crippen LogP contribution in [0.4, 0.5) is 0 Å². The molecule has 5 nitrogen and oxygen atoms in total. The monoisotopic (exact) mass is 230 g/mol. The first-order valence-corrected chi connectivity index (χ1v) is 5.73. The summed E-state index contributed by atoms with van der Waals surface area (Å²) in [7, 11) is 1.63.